The first-order valence-electron chi connectivity index (χ1n) is 8.50. The second-order valence-electron chi connectivity index (χ2n) is 6.52. The van der Waals surface area contributed by atoms with Gasteiger partial charge in [0.1, 0.15) is 0 Å². The number of carbonyl (C=O) groups is 2. The Labute approximate surface area is 152 Å². The fourth-order valence-electron chi connectivity index (χ4n) is 3.11. The zero-order chi connectivity index (χ0) is 18.0. The van der Waals surface area contributed by atoms with Crippen LogP contribution in [0.15, 0.2) is 6.20 Å². The molecule has 1 aromatic heterocycles. The van der Waals surface area contributed by atoms with Crippen LogP contribution in [-0.4, -0.2) is 90.0 Å². The summed E-state index contributed by atoms with van der Waals surface area (Å²) in [4.78, 5) is 40.5. The van der Waals surface area contributed by atoms with Crippen LogP contribution < -0.4 is 4.90 Å². The third-order valence-electron chi connectivity index (χ3n) is 4.54. The van der Waals surface area contributed by atoms with Crippen LogP contribution in [-0.2, 0) is 0 Å². The number of urea groups is 1. The summed E-state index contributed by atoms with van der Waals surface area (Å²) in [7, 11) is 3.45. The highest BCUT2D eigenvalue weighted by Crippen LogP contribution is 2.21. The van der Waals surface area contributed by atoms with Gasteiger partial charge in [-0.25, -0.2) is 14.8 Å². The van der Waals surface area contributed by atoms with Gasteiger partial charge in [0, 0.05) is 53.4 Å². The minimum Gasteiger partial charge on any atom is -0.341 e. The third-order valence-corrected chi connectivity index (χ3v) is 4.82. The van der Waals surface area contributed by atoms with Crippen LogP contribution in [0.5, 0.6) is 0 Å². The number of anilines is 1. The van der Waals surface area contributed by atoms with Crippen LogP contribution in [0.25, 0.3) is 0 Å². The van der Waals surface area contributed by atoms with Gasteiger partial charge in [0.2, 0.25) is 5.95 Å². The molecular weight excluding hydrogens is 344 g/mol. The van der Waals surface area contributed by atoms with Gasteiger partial charge in [0.05, 0.1) is 11.2 Å². The van der Waals surface area contributed by atoms with Gasteiger partial charge >= 0.3 is 6.03 Å². The number of amides is 3. The number of aromatic nitrogens is 2. The van der Waals surface area contributed by atoms with Crippen molar-refractivity contribution in [1.82, 2.24) is 24.7 Å². The van der Waals surface area contributed by atoms with Gasteiger partial charge < -0.3 is 19.6 Å². The largest absolute Gasteiger partial charge is 0.341 e. The summed E-state index contributed by atoms with van der Waals surface area (Å²) in [6.07, 6.45) is 3.72. The third kappa shape index (κ3) is 3.78. The summed E-state index contributed by atoms with van der Waals surface area (Å²) >= 11 is 6.18. The number of halogens is 1. The fraction of sp³-hybridized carbons (Fsp3) is 0.625. The summed E-state index contributed by atoms with van der Waals surface area (Å²) in [5.74, 6) is 0.358. The van der Waals surface area contributed by atoms with Crippen LogP contribution in [0.4, 0.5) is 10.7 Å². The molecule has 0 radical (unpaired) electrons. The number of nitrogens with zero attached hydrogens (tertiary/aromatic N) is 6. The molecule has 8 nitrogen and oxygen atoms in total. The first-order chi connectivity index (χ1) is 12.0. The molecule has 0 aliphatic carbocycles. The smallest absolute Gasteiger partial charge is 0.319 e. The van der Waals surface area contributed by atoms with Crippen LogP contribution in [0.1, 0.15) is 23.3 Å². The van der Waals surface area contributed by atoms with Gasteiger partial charge in [-0.1, -0.05) is 11.6 Å². The average molecular weight is 367 g/mol. The Morgan fingerprint density at radius 1 is 1.04 bits per heavy atom. The molecule has 3 heterocycles. The Balaban J connectivity index is 1.69. The molecule has 136 valence electrons. The lowest BCUT2D eigenvalue weighted by atomic mass is 10.2. The predicted octanol–water partition coefficient (Wildman–Crippen LogP) is 1.17. The highest BCUT2D eigenvalue weighted by molar-refractivity contribution is 6.33. The Bertz CT molecular complexity index is 654. The predicted molar refractivity (Wildman–Crippen MR) is 95.0 cm³/mol. The monoisotopic (exact) mass is 366 g/mol. The molecule has 0 atom stereocenters. The van der Waals surface area contributed by atoms with E-state index in [2.05, 4.69) is 14.9 Å². The quantitative estimate of drug-likeness (QED) is 0.785. The molecule has 2 saturated heterocycles. The molecule has 9 heteroatoms. The molecular formula is C16H23ClN6O2. The van der Waals surface area contributed by atoms with Crippen molar-refractivity contribution < 1.29 is 9.59 Å². The first kappa shape index (κ1) is 17.7. The fourth-order valence-corrected chi connectivity index (χ4v) is 3.28. The summed E-state index contributed by atoms with van der Waals surface area (Å²) in [5.41, 5.74) is 0.242. The van der Waals surface area contributed by atoms with Gasteiger partial charge in [-0.15, -0.1) is 0 Å². The summed E-state index contributed by atoms with van der Waals surface area (Å²) in [6.45, 7) is 3.76. The van der Waals surface area contributed by atoms with Crippen molar-refractivity contribution in [3.63, 3.8) is 0 Å². The average Bonchev–Trinajstić information content (AvgIpc) is 3.15. The molecule has 1 aromatic rings. The van der Waals surface area contributed by atoms with E-state index < -0.39 is 0 Å². The molecule has 0 spiro atoms. The van der Waals surface area contributed by atoms with E-state index in [-0.39, 0.29) is 22.7 Å². The maximum atomic E-state index is 12.8. The number of rotatable bonds is 2. The van der Waals surface area contributed by atoms with Gasteiger partial charge in [0.25, 0.3) is 5.91 Å². The second kappa shape index (κ2) is 7.43. The molecule has 0 aromatic carbocycles. The van der Waals surface area contributed by atoms with Crippen molar-refractivity contribution in [2.75, 3.05) is 58.3 Å². The molecule has 0 N–H and O–H groups in total. The lowest BCUT2D eigenvalue weighted by Crippen LogP contribution is -2.53. The summed E-state index contributed by atoms with van der Waals surface area (Å²) < 4.78 is 0. The van der Waals surface area contributed by atoms with E-state index in [1.165, 1.54) is 6.20 Å². The van der Waals surface area contributed by atoms with E-state index >= 15 is 0 Å². The lowest BCUT2D eigenvalue weighted by molar-refractivity contribution is 0.0644. The van der Waals surface area contributed by atoms with Crippen LogP contribution in [0, 0.1) is 0 Å². The van der Waals surface area contributed by atoms with Gasteiger partial charge in [-0.3, -0.25) is 4.79 Å². The Kier molecular flexibility index (Phi) is 5.27. The molecule has 2 aliphatic rings. The van der Waals surface area contributed by atoms with E-state index in [0.29, 0.717) is 32.1 Å². The molecule has 25 heavy (non-hydrogen) atoms. The van der Waals surface area contributed by atoms with E-state index in [4.69, 9.17) is 11.6 Å². The SMILES string of the molecule is CN(C)C(=O)N1CCN(C(=O)c2nc(N3CCCC3)ncc2Cl)CC1. The maximum absolute atomic E-state index is 12.8. The zero-order valence-corrected chi connectivity index (χ0v) is 15.4. The lowest BCUT2D eigenvalue weighted by Gasteiger charge is -2.35. The van der Waals surface area contributed by atoms with Crippen molar-refractivity contribution >= 4 is 29.5 Å². The molecule has 2 aliphatic heterocycles. The highest BCUT2D eigenvalue weighted by Gasteiger charge is 2.28. The second-order valence-corrected chi connectivity index (χ2v) is 6.92. The van der Waals surface area contributed by atoms with Crippen molar-refractivity contribution in [1.29, 1.82) is 0 Å². The standard InChI is InChI=1S/C16H23ClN6O2/c1-20(2)16(25)23-9-7-21(8-10-23)14(24)13-12(17)11-18-15(19-13)22-5-3-4-6-22/h11H,3-10H2,1-2H3. The van der Waals surface area contributed by atoms with Crippen molar-refractivity contribution in [3.05, 3.63) is 16.9 Å². The minimum absolute atomic E-state index is 0.0384. The van der Waals surface area contributed by atoms with Crippen molar-refractivity contribution in [3.8, 4) is 0 Å². The Morgan fingerprint density at radius 2 is 1.64 bits per heavy atom. The zero-order valence-electron chi connectivity index (χ0n) is 14.6. The molecule has 2 fully saturated rings. The van der Waals surface area contributed by atoms with Crippen molar-refractivity contribution in [2.45, 2.75) is 12.8 Å². The van der Waals surface area contributed by atoms with E-state index in [1.807, 2.05) is 0 Å². The molecule has 0 unspecified atom stereocenters. The molecule has 0 saturated carbocycles. The minimum atomic E-state index is -0.204. The summed E-state index contributed by atoms with van der Waals surface area (Å²) in [5, 5.41) is 0.264. The van der Waals surface area contributed by atoms with Crippen molar-refractivity contribution in [2.24, 2.45) is 0 Å². The molecule has 0 bridgehead atoms. The van der Waals surface area contributed by atoms with Gasteiger partial charge in [0.15, 0.2) is 5.69 Å². The number of hydrogen-bond acceptors (Lipinski definition) is 5. The molecule has 3 amide bonds. The number of piperazine rings is 1. The normalized spacial score (nSPS) is 17.8. The molecule has 3 rings (SSSR count). The van der Waals surface area contributed by atoms with E-state index in [9.17, 15) is 9.59 Å². The first-order valence-corrected chi connectivity index (χ1v) is 8.88. The Hall–Kier alpha value is -2.09. The van der Waals surface area contributed by atoms with Crippen LogP contribution in [0.3, 0.4) is 0 Å². The van der Waals surface area contributed by atoms with Gasteiger partial charge in [-0.2, -0.15) is 0 Å². The number of carbonyl (C=O) groups excluding carboxylic acids is 2. The number of hydrogen-bond donors (Lipinski definition) is 0. The highest BCUT2D eigenvalue weighted by atomic mass is 35.5. The summed E-state index contributed by atoms with van der Waals surface area (Å²) in [6, 6.07) is -0.0384. The van der Waals surface area contributed by atoms with Crippen LogP contribution in [0.2, 0.25) is 5.02 Å². The maximum Gasteiger partial charge on any atom is 0.319 e. The van der Waals surface area contributed by atoms with E-state index in [0.717, 1.165) is 25.9 Å². The van der Waals surface area contributed by atoms with Crippen LogP contribution >= 0.6 is 11.6 Å². The topological polar surface area (TPSA) is 72.9 Å². The Morgan fingerprint density at radius 3 is 2.24 bits per heavy atom. The van der Waals surface area contributed by atoms with Gasteiger partial charge in [-0.05, 0) is 12.8 Å². The van der Waals surface area contributed by atoms with E-state index in [1.54, 1.807) is 28.8 Å².